The molecule has 1 fully saturated rings. The third-order valence-corrected chi connectivity index (χ3v) is 8.54. The third-order valence-electron chi connectivity index (χ3n) is 6.49. The van der Waals surface area contributed by atoms with Crippen LogP contribution in [-0.4, -0.2) is 43.5 Å². The fraction of sp³-hybridized carbons (Fsp3) is 0.357. The number of carbonyl (C=O) groups excluding carboxylic acids is 1. The number of aryl methyl sites for hydroxylation is 2. The molecule has 0 atom stereocenters. The lowest BCUT2D eigenvalue weighted by molar-refractivity contribution is -0.126. The minimum atomic E-state index is -3.83. The molecule has 4 rings (SSSR count). The Balaban J connectivity index is 1.39. The van der Waals surface area contributed by atoms with Crippen molar-refractivity contribution in [1.29, 1.82) is 0 Å². The Bertz CT molecular complexity index is 1350. The van der Waals surface area contributed by atoms with Gasteiger partial charge < -0.3 is 14.6 Å². The zero-order valence-corrected chi connectivity index (χ0v) is 22.3. The molecule has 0 radical (unpaired) electrons. The van der Waals surface area contributed by atoms with Crippen LogP contribution in [0, 0.1) is 19.8 Å². The van der Waals surface area contributed by atoms with E-state index in [0.29, 0.717) is 31.7 Å². The first-order valence-corrected chi connectivity index (χ1v) is 13.9. The topological polar surface area (TPSA) is 102 Å². The first kappa shape index (κ1) is 26.6. The number of aromatic nitrogens is 1. The van der Waals surface area contributed by atoms with Gasteiger partial charge in [-0.05, 0) is 51.3 Å². The molecule has 0 spiro atoms. The molecule has 0 saturated carbocycles. The minimum Gasteiger partial charge on any atom is -0.494 e. The maximum atomic E-state index is 13.5. The molecule has 0 unspecified atom stereocenters. The Morgan fingerprint density at radius 1 is 1.11 bits per heavy atom. The highest BCUT2D eigenvalue weighted by atomic mass is 32.2. The molecule has 1 N–H and O–H groups in total. The van der Waals surface area contributed by atoms with E-state index in [1.807, 2.05) is 62.4 Å². The second-order valence-corrected chi connectivity index (χ2v) is 11.0. The lowest BCUT2D eigenvalue weighted by Gasteiger charge is -2.30. The van der Waals surface area contributed by atoms with Crippen molar-refractivity contribution in [2.75, 3.05) is 19.7 Å². The van der Waals surface area contributed by atoms with Crippen molar-refractivity contribution >= 4 is 28.1 Å². The number of para-hydroxylation sites is 1. The molecule has 1 aromatic heterocycles. The van der Waals surface area contributed by atoms with Crippen molar-refractivity contribution < 1.29 is 22.5 Å². The van der Waals surface area contributed by atoms with Crippen LogP contribution in [0.15, 0.2) is 57.9 Å². The Morgan fingerprint density at radius 2 is 1.81 bits per heavy atom. The predicted molar refractivity (Wildman–Crippen MR) is 142 cm³/mol. The summed E-state index contributed by atoms with van der Waals surface area (Å²) in [6.45, 7) is 6.97. The van der Waals surface area contributed by atoms with E-state index < -0.39 is 10.0 Å². The number of carbonyl (C=O) groups is 1. The molecule has 196 valence electrons. The van der Waals surface area contributed by atoms with Crippen LogP contribution in [0.4, 0.5) is 0 Å². The summed E-state index contributed by atoms with van der Waals surface area (Å²) in [4.78, 5) is 12.9. The maximum Gasteiger partial charge on any atom is 0.248 e. The zero-order valence-electron chi connectivity index (χ0n) is 21.4. The zero-order chi connectivity index (χ0) is 26.4. The number of piperidine rings is 1. The molecule has 2 heterocycles. The number of hydrogen-bond donors (Lipinski definition) is 1. The molecule has 1 aliphatic heterocycles. The molecule has 0 aliphatic carbocycles. The van der Waals surface area contributed by atoms with Crippen LogP contribution < -0.4 is 10.1 Å². The number of sulfonamides is 1. The van der Waals surface area contributed by atoms with E-state index in [-0.39, 0.29) is 35.6 Å². The Kier molecular flexibility index (Phi) is 8.45. The van der Waals surface area contributed by atoms with Crippen LogP contribution in [0.25, 0.3) is 12.2 Å². The van der Waals surface area contributed by atoms with E-state index in [9.17, 15) is 13.2 Å². The second-order valence-electron chi connectivity index (χ2n) is 9.14. The van der Waals surface area contributed by atoms with Gasteiger partial charge in [-0.25, -0.2) is 8.42 Å². The molecule has 1 saturated heterocycles. The van der Waals surface area contributed by atoms with Crippen LogP contribution in [0.1, 0.15) is 47.9 Å². The molecule has 37 heavy (non-hydrogen) atoms. The van der Waals surface area contributed by atoms with Crippen LogP contribution in [0.2, 0.25) is 0 Å². The number of nitrogens with zero attached hydrogens (tertiary/aromatic N) is 2. The SMILES string of the molecule is CCOc1ccccc1CNC(=O)C1CCN(S(=O)(=O)c2c(C)noc2C=Cc2ccc(C)cc2)CC1. The average Bonchev–Trinajstić information content (AvgIpc) is 3.29. The molecule has 2 aromatic carbocycles. The number of benzene rings is 2. The van der Waals surface area contributed by atoms with E-state index in [2.05, 4.69) is 10.5 Å². The van der Waals surface area contributed by atoms with E-state index in [1.165, 1.54) is 4.31 Å². The van der Waals surface area contributed by atoms with Gasteiger partial charge in [0.05, 0.1) is 6.61 Å². The number of ether oxygens (including phenoxy) is 1. The molecule has 1 aliphatic rings. The van der Waals surface area contributed by atoms with Crippen LogP contribution in [0.3, 0.4) is 0 Å². The van der Waals surface area contributed by atoms with Gasteiger partial charge in [0.1, 0.15) is 11.4 Å². The van der Waals surface area contributed by atoms with Gasteiger partial charge in [-0.15, -0.1) is 0 Å². The summed E-state index contributed by atoms with van der Waals surface area (Å²) in [6, 6.07) is 15.5. The first-order valence-electron chi connectivity index (χ1n) is 12.5. The summed E-state index contributed by atoms with van der Waals surface area (Å²) in [5.74, 6) is 0.620. The van der Waals surface area contributed by atoms with Crippen molar-refractivity contribution in [1.82, 2.24) is 14.8 Å². The summed E-state index contributed by atoms with van der Waals surface area (Å²) in [5.41, 5.74) is 3.30. The highest BCUT2D eigenvalue weighted by Gasteiger charge is 2.35. The quantitative estimate of drug-likeness (QED) is 0.441. The standard InChI is InChI=1S/C28H33N3O5S/c1-4-35-25-8-6-5-7-24(25)19-29-28(32)23-15-17-31(18-16-23)37(33,34)27-21(3)30-36-26(27)14-13-22-11-9-20(2)10-12-22/h5-14,23H,4,15-19H2,1-3H3,(H,29,32). The van der Waals surface area contributed by atoms with Crippen molar-refractivity contribution in [3.63, 3.8) is 0 Å². The molecule has 1 amide bonds. The van der Waals surface area contributed by atoms with Crippen LogP contribution in [0.5, 0.6) is 5.75 Å². The average molecular weight is 524 g/mol. The maximum absolute atomic E-state index is 13.5. The number of amides is 1. The lowest BCUT2D eigenvalue weighted by atomic mass is 9.97. The number of hydrogen-bond acceptors (Lipinski definition) is 6. The minimum absolute atomic E-state index is 0.0753. The predicted octanol–water partition coefficient (Wildman–Crippen LogP) is 4.58. The molecular formula is C28H33N3O5S. The van der Waals surface area contributed by atoms with Gasteiger partial charge in [-0.1, -0.05) is 59.3 Å². The fourth-order valence-electron chi connectivity index (χ4n) is 4.41. The lowest BCUT2D eigenvalue weighted by Crippen LogP contribution is -2.43. The van der Waals surface area contributed by atoms with E-state index in [4.69, 9.17) is 9.26 Å². The highest BCUT2D eigenvalue weighted by molar-refractivity contribution is 7.89. The van der Waals surface area contributed by atoms with E-state index in [0.717, 1.165) is 22.4 Å². The van der Waals surface area contributed by atoms with Crippen molar-refractivity contribution in [3.05, 3.63) is 76.7 Å². The smallest absolute Gasteiger partial charge is 0.248 e. The van der Waals surface area contributed by atoms with Crippen molar-refractivity contribution in [3.8, 4) is 5.75 Å². The summed E-state index contributed by atoms with van der Waals surface area (Å²) >= 11 is 0. The van der Waals surface area contributed by atoms with Gasteiger partial charge in [0.15, 0.2) is 10.7 Å². The highest BCUT2D eigenvalue weighted by Crippen LogP contribution is 2.29. The molecule has 0 bridgehead atoms. The van der Waals surface area contributed by atoms with Crippen LogP contribution >= 0.6 is 0 Å². The van der Waals surface area contributed by atoms with Gasteiger partial charge in [-0.2, -0.15) is 4.31 Å². The monoisotopic (exact) mass is 523 g/mol. The Morgan fingerprint density at radius 3 is 2.51 bits per heavy atom. The van der Waals surface area contributed by atoms with Crippen molar-refractivity contribution in [2.24, 2.45) is 5.92 Å². The van der Waals surface area contributed by atoms with Gasteiger partial charge in [0.25, 0.3) is 0 Å². The second kappa shape index (κ2) is 11.7. The Hall–Kier alpha value is -3.43. The number of rotatable bonds is 9. The molecule has 3 aromatic rings. The van der Waals surface area contributed by atoms with Gasteiger partial charge in [-0.3, -0.25) is 4.79 Å². The van der Waals surface area contributed by atoms with Gasteiger partial charge >= 0.3 is 0 Å². The van der Waals surface area contributed by atoms with E-state index in [1.54, 1.807) is 19.1 Å². The summed E-state index contributed by atoms with van der Waals surface area (Å²) < 4.78 is 39.4. The Labute approximate surface area is 218 Å². The first-order chi connectivity index (χ1) is 17.8. The normalized spacial score (nSPS) is 15.2. The molecule has 8 nitrogen and oxygen atoms in total. The van der Waals surface area contributed by atoms with Gasteiger partial charge in [0, 0.05) is 31.1 Å². The summed E-state index contributed by atoms with van der Waals surface area (Å²) in [7, 11) is -3.83. The van der Waals surface area contributed by atoms with Crippen molar-refractivity contribution in [2.45, 2.75) is 45.1 Å². The molecule has 9 heteroatoms. The van der Waals surface area contributed by atoms with Gasteiger partial charge in [0.2, 0.25) is 15.9 Å². The summed E-state index contributed by atoms with van der Waals surface area (Å²) in [5, 5.41) is 6.90. The van der Waals surface area contributed by atoms with E-state index >= 15 is 0 Å². The largest absolute Gasteiger partial charge is 0.494 e. The third kappa shape index (κ3) is 6.29. The fourth-order valence-corrected chi connectivity index (χ4v) is 6.13. The summed E-state index contributed by atoms with van der Waals surface area (Å²) in [6.07, 6.45) is 4.32. The van der Waals surface area contributed by atoms with Crippen LogP contribution in [-0.2, 0) is 21.4 Å². The molecular weight excluding hydrogens is 490 g/mol. The number of nitrogens with one attached hydrogen (secondary N) is 1.